The molecule has 176 valence electrons. The molecule has 10 nitrogen and oxygen atoms in total. The summed E-state index contributed by atoms with van der Waals surface area (Å²) in [7, 11) is 1.58. The van der Waals surface area contributed by atoms with Crippen LogP contribution in [0.4, 0.5) is 16.3 Å². The lowest BCUT2D eigenvalue weighted by molar-refractivity contribution is 0.0931. The average molecular weight is 455 g/mol. The highest BCUT2D eigenvalue weighted by Crippen LogP contribution is 2.25. The maximum atomic E-state index is 12.7. The Morgan fingerprint density at radius 3 is 2.70 bits per heavy atom. The molecule has 1 aliphatic carbocycles. The van der Waals surface area contributed by atoms with E-state index in [1.165, 1.54) is 0 Å². The molecule has 10 heteroatoms. The van der Waals surface area contributed by atoms with Crippen molar-refractivity contribution in [3.63, 3.8) is 0 Å². The summed E-state index contributed by atoms with van der Waals surface area (Å²) in [5, 5.41) is 8.54. The number of hydrogen-bond donors (Lipinski definition) is 3. The molecule has 2 aromatic rings. The van der Waals surface area contributed by atoms with Gasteiger partial charge in [-0.25, -0.2) is 14.8 Å². The number of rotatable bonds is 8. The van der Waals surface area contributed by atoms with E-state index in [1.807, 2.05) is 12.1 Å². The first-order chi connectivity index (χ1) is 16.0. The van der Waals surface area contributed by atoms with Gasteiger partial charge in [-0.15, -0.1) is 0 Å². The number of hydrogen-bond acceptors (Lipinski definition) is 7. The molecule has 1 aromatic heterocycles. The Kier molecular flexibility index (Phi) is 7.36. The molecule has 1 saturated heterocycles. The third-order valence-corrected chi connectivity index (χ3v) is 5.51. The molecule has 2 heterocycles. The second-order valence-electron chi connectivity index (χ2n) is 8.25. The summed E-state index contributed by atoms with van der Waals surface area (Å²) in [6.07, 6.45) is 2.06. The molecule has 3 N–H and O–H groups in total. The minimum atomic E-state index is -0.284. The van der Waals surface area contributed by atoms with Gasteiger partial charge in [0.25, 0.3) is 5.91 Å². The largest absolute Gasteiger partial charge is 0.383 e. The van der Waals surface area contributed by atoms with Crippen LogP contribution in [0.3, 0.4) is 0 Å². The number of ether oxygens (including phenoxy) is 2. The number of benzene rings is 1. The molecule has 1 aromatic carbocycles. The van der Waals surface area contributed by atoms with Crippen LogP contribution in [0.2, 0.25) is 0 Å². The van der Waals surface area contributed by atoms with Crippen LogP contribution in [0, 0.1) is 0 Å². The number of nitrogens with one attached hydrogen (secondary N) is 3. The van der Waals surface area contributed by atoms with Gasteiger partial charge in [0, 0.05) is 43.6 Å². The summed E-state index contributed by atoms with van der Waals surface area (Å²) in [5.74, 6) is 0.837. The molecule has 0 unspecified atom stereocenters. The zero-order valence-corrected chi connectivity index (χ0v) is 19.0. The van der Waals surface area contributed by atoms with Gasteiger partial charge in [0.05, 0.1) is 25.9 Å². The lowest BCUT2D eigenvalue weighted by Gasteiger charge is -2.34. The van der Waals surface area contributed by atoms with E-state index in [0.717, 1.165) is 18.4 Å². The van der Waals surface area contributed by atoms with Gasteiger partial charge in [-0.2, -0.15) is 0 Å². The van der Waals surface area contributed by atoms with Crippen molar-refractivity contribution in [3.05, 3.63) is 36.0 Å². The van der Waals surface area contributed by atoms with E-state index in [0.29, 0.717) is 50.2 Å². The van der Waals surface area contributed by atoms with Crippen molar-refractivity contribution in [2.24, 2.45) is 0 Å². The summed E-state index contributed by atoms with van der Waals surface area (Å²) in [6.45, 7) is 4.75. The van der Waals surface area contributed by atoms with Crippen molar-refractivity contribution in [1.29, 1.82) is 0 Å². The number of methoxy groups -OCH3 is 1. The number of nitrogens with zero attached hydrogens (tertiary/aromatic N) is 3. The van der Waals surface area contributed by atoms with Crippen LogP contribution in [-0.2, 0) is 9.47 Å². The highest BCUT2D eigenvalue weighted by Gasteiger charge is 2.24. The predicted octanol–water partition coefficient (Wildman–Crippen LogP) is 2.03. The second kappa shape index (κ2) is 10.6. The molecule has 33 heavy (non-hydrogen) atoms. The maximum absolute atomic E-state index is 12.7. The molecule has 3 amide bonds. The number of carbonyl (C=O) groups excluding carboxylic acids is 2. The summed E-state index contributed by atoms with van der Waals surface area (Å²) < 4.78 is 10.6. The van der Waals surface area contributed by atoms with Gasteiger partial charge in [0.2, 0.25) is 0 Å². The standard InChI is InChI=1S/C23H30N6O4/c1-15-14-33-12-10-29(15)20-13-19(22(30)24-9-11-32-2)27-21(28-20)16-3-5-17(6-4-16)25-23(31)26-18-7-8-18/h3-6,13,15,18H,7-12,14H2,1-2H3,(H,24,30)(H2,25,26,31)/t15-/m0/s1. The number of anilines is 2. The number of aromatic nitrogens is 2. The molecular formula is C23H30N6O4. The van der Waals surface area contributed by atoms with Crippen molar-refractivity contribution in [1.82, 2.24) is 20.6 Å². The molecule has 2 fully saturated rings. The Morgan fingerprint density at radius 2 is 2.00 bits per heavy atom. The molecule has 1 aliphatic heterocycles. The number of amides is 3. The van der Waals surface area contributed by atoms with Gasteiger partial charge in [-0.1, -0.05) is 0 Å². The van der Waals surface area contributed by atoms with E-state index in [-0.39, 0.29) is 29.7 Å². The first kappa shape index (κ1) is 22.9. The Bertz CT molecular complexity index is 979. The second-order valence-corrected chi connectivity index (χ2v) is 8.25. The third kappa shape index (κ3) is 6.17. The Balaban J connectivity index is 1.57. The maximum Gasteiger partial charge on any atom is 0.319 e. The van der Waals surface area contributed by atoms with Crippen LogP contribution in [0.5, 0.6) is 0 Å². The zero-order chi connectivity index (χ0) is 23.2. The first-order valence-corrected chi connectivity index (χ1v) is 11.2. The van der Waals surface area contributed by atoms with Gasteiger partial charge >= 0.3 is 6.03 Å². The lowest BCUT2D eigenvalue weighted by Crippen LogP contribution is -2.44. The van der Waals surface area contributed by atoms with Crippen molar-refractivity contribution in [3.8, 4) is 11.4 Å². The van der Waals surface area contributed by atoms with Gasteiger partial charge in [-0.3, -0.25) is 4.79 Å². The summed E-state index contributed by atoms with van der Waals surface area (Å²) in [5.41, 5.74) is 1.71. The van der Waals surface area contributed by atoms with E-state index in [1.54, 1.807) is 25.3 Å². The molecule has 4 rings (SSSR count). The van der Waals surface area contributed by atoms with E-state index >= 15 is 0 Å². The first-order valence-electron chi connectivity index (χ1n) is 11.2. The van der Waals surface area contributed by atoms with Crippen LogP contribution < -0.4 is 20.9 Å². The summed E-state index contributed by atoms with van der Waals surface area (Å²) >= 11 is 0. The molecule has 0 bridgehead atoms. The Morgan fingerprint density at radius 1 is 1.21 bits per heavy atom. The van der Waals surface area contributed by atoms with Crippen LogP contribution in [-0.4, -0.2) is 74.0 Å². The minimum Gasteiger partial charge on any atom is -0.383 e. The lowest BCUT2D eigenvalue weighted by atomic mass is 10.1. The van der Waals surface area contributed by atoms with E-state index < -0.39 is 0 Å². The number of urea groups is 1. The smallest absolute Gasteiger partial charge is 0.319 e. The average Bonchev–Trinajstić information content (AvgIpc) is 3.63. The SMILES string of the molecule is COCCNC(=O)c1cc(N2CCOC[C@@H]2C)nc(-c2ccc(NC(=O)NC3CC3)cc2)n1. The van der Waals surface area contributed by atoms with Crippen LogP contribution in [0.25, 0.3) is 11.4 Å². The topological polar surface area (TPSA) is 118 Å². The molecule has 1 saturated carbocycles. The highest BCUT2D eigenvalue weighted by atomic mass is 16.5. The van der Waals surface area contributed by atoms with Crippen molar-refractivity contribution in [2.45, 2.75) is 31.8 Å². The third-order valence-electron chi connectivity index (χ3n) is 5.51. The van der Waals surface area contributed by atoms with Gasteiger partial charge in [0.15, 0.2) is 5.82 Å². The number of carbonyl (C=O) groups is 2. The fourth-order valence-electron chi connectivity index (χ4n) is 3.53. The predicted molar refractivity (Wildman–Crippen MR) is 124 cm³/mol. The highest BCUT2D eigenvalue weighted by molar-refractivity contribution is 5.93. The van der Waals surface area contributed by atoms with Crippen molar-refractivity contribution < 1.29 is 19.1 Å². The molecule has 0 radical (unpaired) electrons. The van der Waals surface area contributed by atoms with E-state index in [2.05, 4.69) is 32.8 Å². The summed E-state index contributed by atoms with van der Waals surface area (Å²) in [6, 6.07) is 9.19. The van der Waals surface area contributed by atoms with Crippen LogP contribution in [0.1, 0.15) is 30.3 Å². The van der Waals surface area contributed by atoms with Crippen molar-refractivity contribution >= 4 is 23.4 Å². The number of morpholine rings is 1. The monoisotopic (exact) mass is 454 g/mol. The molecule has 1 atom stereocenters. The normalized spacial score (nSPS) is 18.0. The zero-order valence-electron chi connectivity index (χ0n) is 19.0. The van der Waals surface area contributed by atoms with Gasteiger partial charge in [-0.05, 0) is 44.0 Å². The Hall–Kier alpha value is -3.24. The van der Waals surface area contributed by atoms with Crippen molar-refractivity contribution in [2.75, 3.05) is 50.2 Å². The Labute approximate surface area is 193 Å². The van der Waals surface area contributed by atoms with Gasteiger partial charge < -0.3 is 30.3 Å². The fourth-order valence-corrected chi connectivity index (χ4v) is 3.53. The van der Waals surface area contributed by atoms with Crippen LogP contribution in [0.15, 0.2) is 30.3 Å². The fraction of sp³-hybridized carbons (Fsp3) is 0.478. The summed E-state index contributed by atoms with van der Waals surface area (Å²) in [4.78, 5) is 36.1. The minimum absolute atomic E-state index is 0.127. The quantitative estimate of drug-likeness (QED) is 0.523. The van der Waals surface area contributed by atoms with E-state index in [9.17, 15) is 9.59 Å². The molecule has 2 aliphatic rings. The van der Waals surface area contributed by atoms with Crippen LogP contribution >= 0.6 is 0 Å². The molecular weight excluding hydrogens is 424 g/mol. The van der Waals surface area contributed by atoms with E-state index in [4.69, 9.17) is 14.5 Å². The molecule has 0 spiro atoms. The van der Waals surface area contributed by atoms with Gasteiger partial charge in [0.1, 0.15) is 11.5 Å².